The van der Waals surface area contributed by atoms with Gasteiger partial charge >= 0.3 is 5.97 Å². The van der Waals surface area contributed by atoms with E-state index in [1.807, 2.05) is 0 Å². The summed E-state index contributed by atoms with van der Waals surface area (Å²) in [5, 5.41) is 23.1. The molecule has 0 radical (unpaired) electrons. The highest BCUT2D eigenvalue weighted by Gasteiger charge is 2.50. The number of nitrogens with zero attached hydrogens (tertiary/aromatic N) is 1. The highest BCUT2D eigenvalue weighted by molar-refractivity contribution is 6.32. The minimum Gasteiger partial charge on any atom is -0.481 e. The van der Waals surface area contributed by atoms with Crippen LogP contribution >= 0.6 is 11.6 Å². The van der Waals surface area contributed by atoms with Crippen LogP contribution in [0.5, 0.6) is 0 Å². The highest BCUT2D eigenvalue weighted by atomic mass is 35.5. The predicted molar refractivity (Wildman–Crippen MR) is 86.8 cm³/mol. The smallest absolute Gasteiger partial charge is 0.307 e. The number of carboxylic acid groups (broad SMARTS) is 1. The van der Waals surface area contributed by atoms with E-state index < -0.39 is 22.7 Å². The van der Waals surface area contributed by atoms with Crippen LogP contribution in [-0.4, -0.2) is 21.9 Å². The summed E-state index contributed by atoms with van der Waals surface area (Å²) < 4.78 is 0. The molecule has 3 aliphatic carbocycles. The molecule has 0 aliphatic heterocycles. The van der Waals surface area contributed by atoms with Gasteiger partial charge in [-0.25, -0.2) is 0 Å². The van der Waals surface area contributed by atoms with Crippen molar-refractivity contribution in [3.8, 4) is 0 Å². The molecular weight excluding hydrogens is 336 g/mol. The fourth-order valence-electron chi connectivity index (χ4n) is 4.14. The van der Waals surface area contributed by atoms with Crippen molar-refractivity contribution in [2.24, 2.45) is 23.7 Å². The van der Waals surface area contributed by atoms with E-state index in [4.69, 9.17) is 11.6 Å². The Morgan fingerprint density at radius 1 is 1.17 bits per heavy atom. The van der Waals surface area contributed by atoms with Crippen molar-refractivity contribution in [2.75, 3.05) is 5.32 Å². The van der Waals surface area contributed by atoms with Crippen molar-refractivity contribution in [3.05, 3.63) is 33.3 Å². The van der Waals surface area contributed by atoms with E-state index in [0.29, 0.717) is 0 Å². The highest BCUT2D eigenvalue weighted by Crippen LogP contribution is 2.49. The quantitative estimate of drug-likeness (QED) is 0.638. The predicted octanol–water partition coefficient (Wildman–Crippen LogP) is 3.32. The second kappa shape index (κ2) is 6.39. The summed E-state index contributed by atoms with van der Waals surface area (Å²) in [5.41, 5.74) is -0.0453. The number of nitro benzene ring substituents is 1. The zero-order valence-electron chi connectivity index (χ0n) is 12.8. The maximum Gasteiger partial charge on any atom is 0.307 e. The van der Waals surface area contributed by atoms with Gasteiger partial charge in [0.15, 0.2) is 0 Å². The number of fused-ring (bicyclic) bond motifs is 3. The molecule has 0 spiro atoms. The lowest BCUT2D eigenvalue weighted by atomic mass is 9.58. The molecule has 0 aromatic heterocycles. The largest absolute Gasteiger partial charge is 0.481 e. The van der Waals surface area contributed by atoms with Crippen LogP contribution in [0.2, 0.25) is 5.02 Å². The van der Waals surface area contributed by atoms with Gasteiger partial charge in [-0.3, -0.25) is 19.7 Å². The van der Waals surface area contributed by atoms with E-state index in [1.54, 1.807) is 0 Å². The molecule has 8 heteroatoms. The molecule has 1 amide bonds. The Kier molecular flexibility index (Phi) is 4.45. The standard InChI is InChI=1S/C16H17ClN2O5/c17-11-6-5-10(7-12(11)19(23)24)18-15(20)13-8-1-3-9(4-2-8)14(13)16(21)22/h5-9,13-14H,1-4H2,(H,18,20)(H,21,22)/t8?,9?,13-,14-/m0/s1. The number of halogens is 1. The van der Waals surface area contributed by atoms with Gasteiger partial charge in [0.1, 0.15) is 5.02 Å². The van der Waals surface area contributed by atoms with Gasteiger partial charge in [0, 0.05) is 11.8 Å². The maximum atomic E-state index is 12.7. The van der Waals surface area contributed by atoms with Crippen LogP contribution < -0.4 is 5.32 Å². The number of amides is 1. The Morgan fingerprint density at radius 3 is 2.29 bits per heavy atom. The number of carboxylic acids is 1. The van der Waals surface area contributed by atoms with Crippen molar-refractivity contribution >= 4 is 34.9 Å². The molecule has 0 heterocycles. The summed E-state index contributed by atoms with van der Waals surface area (Å²) in [6.45, 7) is 0. The van der Waals surface area contributed by atoms with Crippen LogP contribution in [0.1, 0.15) is 25.7 Å². The lowest BCUT2D eigenvalue weighted by molar-refractivity contribution is -0.384. The number of carbonyl (C=O) groups excluding carboxylic acids is 1. The fourth-order valence-corrected chi connectivity index (χ4v) is 4.32. The molecule has 24 heavy (non-hydrogen) atoms. The van der Waals surface area contributed by atoms with E-state index in [-0.39, 0.29) is 34.1 Å². The summed E-state index contributed by atoms with van der Waals surface area (Å²) in [5.74, 6) is -2.51. The summed E-state index contributed by atoms with van der Waals surface area (Å²) in [6, 6.07) is 4.01. The molecule has 0 saturated heterocycles. The minimum absolute atomic E-state index is 0.0156. The Morgan fingerprint density at radius 2 is 1.75 bits per heavy atom. The number of rotatable bonds is 4. The van der Waals surface area contributed by atoms with Gasteiger partial charge in [-0.05, 0) is 49.7 Å². The Balaban J connectivity index is 1.82. The van der Waals surface area contributed by atoms with E-state index in [0.717, 1.165) is 25.7 Å². The number of hydrogen-bond acceptors (Lipinski definition) is 4. The number of nitrogens with one attached hydrogen (secondary N) is 1. The van der Waals surface area contributed by atoms with Crippen molar-refractivity contribution in [1.82, 2.24) is 0 Å². The number of nitro groups is 1. The maximum absolute atomic E-state index is 12.7. The molecule has 4 rings (SSSR count). The monoisotopic (exact) mass is 352 g/mol. The molecule has 7 nitrogen and oxygen atoms in total. The van der Waals surface area contributed by atoms with Crippen LogP contribution in [0.3, 0.4) is 0 Å². The SMILES string of the molecule is O=C(O)[C@H]1C2CCC(CC2)[C@@H]1C(=O)Nc1ccc(Cl)c([N+](=O)[O-])c1. The van der Waals surface area contributed by atoms with Crippen LogP contribution in [0.4, 0.5) is 11.4 Å². The molecule has 1 aromatic rings. The minimum atomic E-state index is -0.938. The Bertz CT molecular complexity index is 700. The molecule has 128 valence electrons. The summed E-state index contributed by atoms with van der Waals surface area (Å²) in [6.07, 6.45) is 3.40. The normalized spacial score (nSPS) is 28.4. The van der Waals surface area contributed by atoms with Crippen molar-refractivity contribution in [2.45, 2.75) is 25.7 Å². The zero-order chi connectivity index (χ0) is 17.4. The molecule has 3 fully saturated rings. The third-order valence-electron chi connectivity index (χ3n) is 5.22. The van der Waals surface area contributed by atoms with Crippen molar-refractivity contribution in [3.63, 3.8) is 0 Å². The first-order valence-corrected chi connectivity index (χ1v) is 8.24. The summed E-state index contributed by atoms with van der Waals surface area (Å²) in [7, 11) is 0. The lowest BCUT2D eigenvalue weighted by Gasteiger charge is -2.45. The average molecular weight is 353 g/mol. The van der Waals surface area contributed by atoms with Crippen LogP contribution in [0, 0.1) is 33.8 Å². The number of carbonyl (C=O) groups is 2. The Hall–Kier alpha value is -2.15. The van der Waals surface area contributed by atoms with Gasteiger partial charge in [-0.15, -0.1) is 0 Å². The Labute approximate surface area is 143 Å². The van der Waals surface area contributed by atoms with E-state index >= 15 is 0 Å². The fraction of sp³-hybridized carbons (Fsp3) is 0.500. The third-order valence-corrected chi connectivity index (χ3v) is 5.54. The van der Waals surface area contributed by atoms with E-state index in [2.05, 4.69) is 5.32 Å². The zero-order valence-corrected chi connectivity index (χ0v) is 13.5. The lowest BCUT2D eigenvalue weighted by Crippen LogP contribution is -2.49. The number of anilines is 1. The molecule has 2 N–H and O–H groups in total. The molecule has 2 atom stereocenters. The second-order valence-electron chi connectivity index (χ2n) is 6.48. The summed E-state index contributed by atoms with van der Waals surface area (Å²) >= 11 is 5.76. The van der Waals surface area contributed by atoms with Crippen LogP contribution in [0.15, 0.2) is 18.2 Å². The number of benzene rings is 1. The van der Waals surface area contributed by atoms with Gasteiger partial charge in [-0.2, -0.15) is 0 Å². The first kappa shape index (κ1) is 16.7. The second-order valence-corrected chi connectivity index (χ2v) is 6.88. The molecule has 3 saturated carbocycles. The third kappa shape index (κ3) is 2.96. The van der Waals surface area contributed by atoms with Crippen molar-refractivity contribution in [1.29, 1.82) is 0 Å². The van der Waals surface area contributed by atoms with Crippen molar-refractivity contribution < 1.29 is 19.6 Å². The first-order valence-electron chi connectivity index (χ1n) is 7.86. The number of aliphatic carboxylic acids is 1. The van der Waals surface area contributed by atoms with E-state index in [1.165, 1.54) is 18.2 Å². The van der Waals surface area contributed by atoms with Crippen LogP contribution in [0.25, 0.3) is 0 Å². The molecular formula is C16H17ClN2O5. The molecule has 3 aliphatic rings. The molecule has 1 aromatic carbocycles. The molecule has 0 unspecified atom stereocenters. The van der Waals surface area contributed by atoms with Gasteiger partial charge in [0.05, 0.1) is 16.8 Å². The topological polar surface area (TPSA) is 110 Å². The first-order chi connectivity index (χ1) is 11.4. The van der Waals surface area contributed by atoms with Gasteiger partial charge in [0.25, 0.3) is 5.69 Å². The average Bonchev–Trinajstić information content (AvgIpc) is 2.56. The van der Waals surface area contributed by atoms with Gasteiger partial charge in [0.2, 0.25) is 5.91 Å². The van der Waals surface area contributed by atoms with Gasteiger partial charge < -0.3 is 10.4 Å². The van der Waals surface area contributed by atoms with Gasteiger partial charge in [-0.1, -0.05) is 11.6 Å². The van der Waals surface area contributed by atoms with E-state index in [9.17, 15) is 24.8 Å². The summed E-state index contributed by atoms with van der Waals surface area (Å²) in [4.78, 5) is 34.6. The molecule has 2 bridgehead atoms. The number of hydrogen-bond donors (Lipinski definition) is 2. The van der Waals surface area contributed by atoms with Crippen LogP contribution in [-0.2, 0) is 9.59 Å².